The van der Waals surface area contributed by atoms with Crippen molar-refractivity contribution in [1.82, 2.24) is 24.6 Å². The molecule has 1 amide bonds. The van der Waals surface area contributed by atoms with Gasteiger partial charge in [0.1, 0.15) is 6.33 Å². The zero-order valence-electron chi connectivity index (χ0n) is 12.2. The highest BCUT2D eigenvalue weighted by Gasteiger charge is 2.22. The van der Waals surface area contributed by atoms with Crippen molar-refractivity contribution in [2.24, 2.45) is 7.05 Å². The van der Waals surface area contributed by atoms with Gasteiger partial charge in [-0.05, 0) is 18.6 Å². The predicted octanol–water partition coefficient (Wildman–Crippen LogP) is 0.425. The third-order valence-electron chi connectivity index (χ3n) is 3.98. The van der Waals surface area contributed by atoms with Crippen molar-refractivity contribution in [3.8, 4) is 0 Å². The van der Waals surface area contributed by atoms with Crippen molar-refractivity contribution in [3.63, 3.8) is 0 Å². The van der Waals surface area contributed by atoms with E-state index in [9.17, 15) is 4.79 Å². The quantitative estimate of drug-likeness (QED) is 0.885. The molecule has 3 rings (SSSR count). The summed E-state index contributed by atoms with van der Waals surface area (Å²) in [7, 11) is 2.01. The molecule has 0 spiro atoms. The Morgan fingerprint density at radius 1 is 1.33 bits per heavy atom. The number of rotatable bonds is 4. The Kier molecular flexibility index (Phi) is 3.89. The number of H-pyrrole nitrogens is 1. The van der Waals surface area contributed by atoms with Crippen LogP contribution in [0.3, 0.4) is 0 Å². The molecule has 112 valence electrons. The summed E-state index contributed by atoms with van der Waals surface area (Å²) >= 11 is 0. The fourth-order valence-electron chi connectivity index (χ4n) is 2.67. The number of hydrogen-bond donors (Lipinski definition) is 1. The minimum atomic E-state index is 0.230. The van der Waals surface area contributed by atoms with Crippen LogP contribution in [0.25, 0.3) is 0 Å². The van der Waals surface area contributed by atoms with E-state index in [2.05, 4.69) is 30.7 Å². The molecule has 21 heavy (non-hydrogen) atoms. The molecule has 2 aromatic rings. The van der Waals surface area contributed by atoms with Crippen LogP contribution in [0.15, 0.2) is 24.7 Å². The van der Waals surface area contributed by atoms with Gasteiger partial charge in [0.2, 0.25) is 11.9 Å². The number of amides is 1. The summed E-state index contributed by atoms with van der Waals surface area (Å²) < 4.78 is 2.06. The van der Waals surface area contributed by atoms with Crippen LogP contribution in [0.1, 0.15) is 12.1 Å². The second-order valence-electron chi connectivity index (χ2n) is 5.29. The van der Waals surface area contributed by atoms with E-state index in [1.165, 1.54) is 12.0 Å². The molecule has 0 atom stereocenters. The van der Waals surface area contributed by atoms with Crippen LogP contribution in [-0.2, 0) is 18.3 Å². The van der Waals surface area contributed by atoms with Crippen LogP contribution < -0.4 is 4.90 Å². The number of nitrogens with zero attached hydrogens (tertiary/aromatic N) is 5. The highest BCUT2D eigenvalue weighted by molar-refractivity contribution is 5.76. The largest absolute Gasteiger partial charge is 0.354 e. The number of hydrogen-bond acceptors (Lipinski definition) is 4. The summed E-state index contributed by atoms with van der Waals surface area (Å²) in [6.07, 6.45) is 4.88. The minimum absolute atomic E-state index is 0.230. The SMILES string of the molecule is Cn1cccc1CCC(=O)N1CCN(c2ncn[nH]2)CC1. The van der Waals surface area contributed by atoms with E-state index >= 15 is 0 Å². The molecule has 0 unspecified atom stereocenters. The van der Waals surface area contributed by atoms with E-state index in [1.54, 1.807) is 0 Å². The molecule has 0 bridgehead atoms. The molecule has 1 aliphatic rings. The average Bonchev–Trinajstić information content (AvgIpc) is 3.17. The Balaban J connectivity index is 1.48. The van der Waals surface area contributed by atoms with Gasteiger partial charge in [-0.2, -0.15) is 10.1 Å². The van der Waals surface area contributed by atoms with E-state index in [1.807, 2.05) is 24.2 Å². The fraction of sp³-hybridized carbons (Fsp3) is 0.500. The Morgan fingerprint density at radius 2 is 2.14 bits per heavy atom. The van der Waals surface area contributed by atoms with Gasteiger partial charge < -0.3 is 14.4 Å². The number of aryl methyl sites for hydroxylation is 2. The Bertz CT molecular complexity index is 582. The van der Waals surface area contributed by atoms with Crippen molar-refractivity contribution >= 4 is 11.9 Å². The highest BCUT2D eigenvalue weighted by atomic mass is 16.2. The molecule has 7 nitrogen and oxygen atoms in total. The molecule has 0 aliphatic carbocycles. The first kappa shape index (κ1) is 13.7. The first-order valence-electron chi connectivity index (χ1n) is 7.22. The normalized spacial score (nSPS) is 15.5. The second kappa shape index (κ2) is 5.99. The molecule has 1 fully saturated rings. The van der Waals surface area contributed by atoms with Crippen molar-refractivity contribution in [1.29, 1.82) is 0 Å². The van der Waals surface area contributed by atoms with Crippen LogP contribution in [0.5, 0.6) is 0 Å². The van der Waals surface area contributed by atoms with Gasteiger partial charge in [0, 0.05) is 51.5 Å². The van der Waals surface area contributed by atoms with Crippen molar-refractivity contribution < 1.29 is 4.79 Å². The number of carbonyl (C=O) groups excluding carboxylic acids is 1. The molecular weight excluding hydrogens is 268 g/mol. The summed E-state index contributed by atoms with van der Waals surface area (Å²) in [4.78, 5) is 20.5. The van der Waals surface area contributed by atoms with E-state index in [-0.39, 0.29) is 5.91 Å². The molecule has 1 N–H and O–H groups in total. The highest BCUT2D eigenvalue weighted by Crippen LogP contribution is 2.11. The monoisotopic (exact) mass is 288 g/mol. The maximum Gasteiger partial charge on any atom is 0.223 e. The lowest BCUT2D eigenvalue weighted by Crippen LogP contribution is -2.49. The summed E-state index contributed by atoms with van der Waals surface area (Å²) in [6, 6.07) is 4.07. The van der Waals surface area contributed by atoms with Crippen LogP contribution in [0, 0.1) is 0 Å². The maximum atomic E-state index is 12.3. The number of piperazine rings is 1. The van der Waals surface area contributed by atoms with E-state index < -0.39 is 0 Å². The van der Waals surface area contributed by atoms with Crippen molar-refractivity contribution in [2.45, 2.75) is 12.8 Å². The lowest BCUT2D eigenvalue weighted by Gasteiger charge is -2.34. The number of anilines is 1. The van der Waals surface area contributed by atoms with Gasteiger partial charge in [-0.3, -0.25) is 4.79 Å². The average molecular weight is 288 g/mol. The van der Waals surface area contributed by atoms with Gasteiger partial charge in [0.25, 0.3) is 0 Å². The standard InChI is InChI=1S/C14H20N6O/c1-18-6-2-3-12(18)4-5-13(21)19-7-9-20(10-8-19)14-15-11-16-17-14/h2-3,6,11H,4-5,7-10H2,1H3,(H,15,16,17). The van der Waals surface area contributed by atoms with E-state index in [0.717, 1.165) is 38.5 Å². The van der Waals surface area contributed by atoms with E-state index in [0.29, 0.717) is 6.42 Å². The lowest BCUT2D eigenvalue weighted by atomic mass is 10.2. The van der Waals surface area contributed by atoms with Gasteiger partial charge in [0.05, 0.1) is 0 Å². The lowest BCUT2D eigenvalue weighted by molar-refractivity contribution is -0.131. The van der Waals surface area contributed by atoms with Crippen LogP contribution >= 0.6 is 0 Å². The minimum Gasteiger partial charge on any atom is -0.354 e. The molecule has 2 aromatic heterocycles. The second-order valence-corrected chi connectivity index (χ2v) is 5.29. The first-order chi connectivity index (χ1) is 10.2. The number of nitrogens with one attached hydrogen (secondary N) is 1. The van der Waals surface area contributed by atoms with Gasteiger partial charge in [0.15, 0.2) is 0 Å². The van der Waals surface area contributed by atoms with Gasteiger partial charge >= 0.3 is 0 Å². The zero-order chi connectivity index (χ0) is 14.7. The summed E-state index contributed by atoms with van der Waals surface area (Å²) in [5.74, 6) is 1.01. The van der Waals surface area contributed by atoms with Gasteiger partial charge in [-0.1, -0.05) is 0 Å². The Hall–Kier alpha value is -2.31. The fourth-order valence-corrected chi connectivity index (χ4v) is 2.67. The Labute approximate surface area is 123 Å². The predicted molar refractivity (Wildman–Crippen MR) is 78.9 cm³/mol. The van der Waals surface area contributed by atoms with Gasteiger partial charge in [-0.25, -0.2) is 5.10 Å². The molecule has 7 heteroatoms. The molecule has 0 aromatic carbocycles. The van der Waals surface area contributed by atoms with Crippen LogP contribution in [-0.4, -0.2) is 56.7 Å². The summed E-state index contributed by atoms with van der Waals surface area (Å²) in [5.41, 5.74) is 1.20. The number of aromatic nitrogens is 4. The van der Waals surface area contributed by atoms with Gasteiger partial charge in [-0.15, -0.1) is 0 Å². The zero-order valence-corrected chi connectivity index (χ0v) is 12.2. The molecule has 3 heterocycles. The topological polar surface area (TPSA) is 70.1 Å². The van der Waals surface area contributed by atoms with Crippen LogP contribution in [0.2, 0.25) is 0 Å². The van der Waals surface area contributed by atoms with Crippen molar-refractivity contribution in [3.05, 3.63) is 30.4 Å². The van der Waals surface area contributed by atoms with Crippen molar-refractivity contribution in [2.75, 3.05) is 31.1 Å². The molecular formula is C14H20N6O. The van der Waals surface area contributed by atoms with Crippen LogP contribution in [0.4, 0.5) is 5.95 Å². The molecule has 0 saturated carbocycles. The summed E-state index contributed by atoms with van der Waals surface area (Å²) in [6.45, 7) is 3.08. The van der Waals surface area contributed by atoms with E-state index in [4.69, 9.17) is 0 Å². The number of carbonyl (C=O) groups is 1. The summed E-state index contributed by atoms with van der Waals surface area (Å²) in [5, 5.41) is 6.72. The molecule has 1 aliphatic heterocycles. The Morgan fingerprint density at radius 3 is 2.76 bits per heavy atom. The maximum absolute atomic E-state index is 12.3. The third kappa shape index (κ3) is 3.07. The third-order valence-corrected chi connectivity index (χ3v) is 3.98. The number of aromatic amines is 1. The molecule has 1 saturated heterocycles. The molecule has 0 radical (unpaired) electrons. The first-order valence-corrected chi connectivity index (χ1v) is 7.22. The smallest absolute Gasteiger partial charge is 0.223 e.